The largest absolute Gasteiger partial charge is 0.377 e. The maximum Gasteiger partial charge on any atom is 0.226 e. The van der Waals surface area contributed by atoms with Gasteiger partial charge in [0.25, 0.3) is 0 Å². The van der Waals surface area contributed by atoms with Gasteiger partial charge in [0.2, 0.25) is 5.91 Å². The standard InChI is InChI=1S/C11H18N2O3/c1-8-5-9(13-16-8)6-10(14)12-7-11(2,3)15-4/h5H,6-7H2,1-4H3,(H,12,14). The van der Waals surface area contributed by atoms with Gasteiger partial charge in [0, 0.05) is 19.7 Å². The number of hydrogen-bond donors (Lipinski definition) is 1. The van der Waals surface area contributed by atoms with Crippen LogP contribution in [0, 0.1) is 6.92 Å². The van der Waals surface area contributed by atoms with Crippen LogP contribution in [0.25, 0.3) is 0 Å². The molecule has 0 aromatic carbocycles. The van der Waals surface area contributed by atoms with Gasteiger partial charge in [-0.25, -0.2) is 0 Å². The predicted molar refractivity (Wildman–Crippen MR) is 59.0 cm³/mol. The summed E-state index contributed by atoms with van der Waals surface area (Å²) in [5.41, 5.74) is 0.292. The predicted octanol–water partition coefficient (Wildman–Crippen LogP) is 1.07. The summed E-state index contributed by atoms with van der Waals surface area (Å²) in [6.07, 6.45) is 0.233. The van der Waals surface area contributed by atoms with Crippen molar-refractivity contribution in [3.05, 3.63) is 17.5 Å². The second-order valence-electron chi connectivity index (χ2n) is 4.35. The molecule has 0 unspecified atom stereocenters. The zero-order chi connectivity index (χ0) is 12.2. The Morgan fingerprint density at radius 1 is 1.62 bits per heavy atom. The maximum atomic E-state index is 11.5. The van der Waals surface area contributed by atoms with E-state index >= 15 is 0 Å². The highest BCUT2D eigenvalue weighted by molar-refractivity contribution is 5.78. The van der Waals surface area contributed by atoms with E-state index in [1.165, 1.54) is 0 Å². The molecule has 0 bridgehead atoms. The van der Waals surface area contributed by atoms with Gasteiger partial charge in [-0.15, -0.1) is 0 Å². The van der Waals surface area contributed by atoms with Crippen molar-refractivity contribution < 1.29 is 14.1 Å². The number of hydrogen-bond acceptors (Lipinski definition) is 4. The van der Waals surface area contributed by atoms with Gasteiger partial charge in [0.1, 0.15) is 5.76 Å². The SMILES string of the molecule is COC(C)(C)CNC(=O)Cc1cc(C)on1. The van der Waals surface area contributed by atoms with Gasteiger partial charge in [0.15, 0.2) is 0 Å². The molecule has 0 saturated heterocycles. The fourth-order valence-electron chi connectivity index (χ4n) is 1.11. The maximum absolute atomic E-state index is 11.5. The van der Waals surface area contributed by atoms with Crippen LogP contribution in [-0.4, -0.2) is 30.3 Å². The van der Waals surface area contributed by atoms with Gasteiger partial charge in [-0.2, -0.15) is 0 Å². The molecule has 0 aliphatic heterocycles. The van der Waals surface area contributed by atoms with Gasteiger partial charge in [-0.3, -0.25) is 4.79 Å². The Morgan fingerprint density at radius 2 is 2.31 bits per heavy atom. The van der Waals surface area contributed by atoms with Crippen molar-refractivity contribution in [2.45, 2.75) is 32.8 Å². The van der Waals surface area contributed by atoms with E-state index in [4.69, 9.17) is 9.26 Å². The van der Waals surface area contributed by atoms with Gasteiger partial charge in [-0.05, 0) is 20.8 Å². The van der Waals surface area contributed by atoms with Crippen LogP contribution < -0.4 is 5.32 Å². The molecular formula is C11H18N2O3. The van der Waals surface area contributed by atoms with E-state index in [0.717, 1.165) is 0 Å². The first-order valence-corrected chi connectivity index (χ1v) is 5.17. The third-order valence-corrected chi connectivity index (χ3v) is 2.28. The zero-order valence-electron chi connectivity index (χ0n) is 10.2. The Labute approximate surface area is 95.1 Å². The van der Waals surface area contributed by atoms with Crippen molar-refractivity contribution in [3.8, 4) is 0 Å². The normalized spacial score (nSPS) is 11.5. The molecule has 1 aromatic heterocycles. The van der Waals surface area contributed by atoms with Crippen molar-refractivity contribution >= 4 is 5.91 Å². The molecule has 5 nitrogen and oxygen atoms in total. The number of rotatable bonds is 5. The number of ether oxygens (including phenoxy) is 1. The van der Waals surface area contributed by atoms with Crippen LogP contribution in [0.5, 0.6) is 0 Å². The number of methoxy groups -OCH3 is 1. The number of nitrogens with zero attached hydrogens (tertiary/aromatic N) is 1. The Hall–Kier alpha value is -1.36. The number of aryl methyl sites for hydroxylation is 1. The lowest BCUT2D eigenvalue weighted by atomic mass is 10.1. The van der Waals surface area contributed by atoms with E-state index in [-0.39, 0.29) is 17.9 Å². The molecule has 1 heterocycles. The first-order chi connectivity index (χ1) is 7.43. The number of aromatic nitrogens is 1. The lowest BCUT2D eigenvalue weighted by Gasteiger charge is -2.22. The van der Waals surface area contributed by atoms with Gasteiger partial charge in [0.05, 0.1) is 17.7 Å². The molecular weight excluding hydrogens is 208 g/mol. The van der Waals surface area contributed by atoms with Crippen LogP contribution in [0.1, 0.15) is 25.3 Å². The Morgan fingerprint density at radius 3 is 2.81 bits per heavy atom. The van der Waals surface area contributed by atoms with E-state index in [9.17, 15) is 4.79 Å². The van der Waals surface area contributed by atoms with Crippen molar-refractivity contribution in [1.82, 2.24) is 10.5 Å². The highest BCUT2D eigenvalue weighted by atomic mass is 16.5. The third kappa shape index (κ3) is 4.02. The second-order valence-corrected chi connectivity index (χ2v) is 4.35. The first-order valence-electron chi connectivity index (χ1n) is 5.17. The van der Waals surface area contributed by atoms with E-state index in [0.29, 0.717) is 18.0 Å². The number of carbonyl (C=O) groups excluding carboxylic acids is 1. The molecule has 0 radical (unpaired) electrons. The molecule has 1 N–H and O–H groups in total. The lowest BCUT2D eigenvalue weighted by Crippen LogP contribution is -2.40. The fourth-order valence-corrected chi connectivity index (χ4v) is 1.11. The Balaban J connectivity index is 2.37. The lowest BCUT2D eigenvalue weighted by molar-refractivity contribution is -0.121. The minimum atomic E-state index is -0.352. The first kappa shape index (κ1) is 12.7. The van der Waals surface area contributed by atoms with E-state index in [1.54, 1.807) is 20.1 Å². The monoisotopic (exact) mass is 226 g/mol. The molecule has 16 heavy (non-hydrogen) atoms. The minimum Gasteiger partial charge on any atom is -0.377 e. The summed E-state index contributed by atoms with van der Waals surface area (Å²) < 4.78 is 10.1. The van der Waals surface area contributed by atoms with Crippen LogP contribution >= 0.6 is 0 Å². The number of amides is 1. The Bertz CT molecular complexity index is 358. The average Bonchev–Trinajstić information content (AvgIpc) is 2.61. The van der Waals surface area contributed by atoms with Crippen molar-refractivity contribution in [1.29, 1.82) is 0 Å². The van der Waals surface area contributed by atoms with Crippen LogP contribution in [0.15, 0.2) is 10.6 Å². The van der Waals surface area contributed by atoms with Crippen LogP contribution in [0.2, 0.25) is 0 Å². The summed E-state index contributed by atoms with van der Waals surface area (Å²) in [7, 11) is 1.62. The summed E-state index contributed by atoms with van der Waals surface area (Å²) in [6, 6.07) is 1.75. The van der Waals surface area contributed by atoms with Gasteiger partial charge in [-0.1, -0.05) is 5.16 Å². The minimum absolute atomic E-state index is 0.0848. The van der Waals surface area contributed by atoms with Gasteiger partial charge < -0.3 is 14.6 Å². The average molecular weight is 226 g/mol. The summed E-state index contributed by atoms with van der Waals surface area (Å²) in [6.45, 7) is 6.09. The van der Waals surface area contributed by atoms with Crippen molar-refractivity contribution in [2.75, 3.05) is 13.7 Å². The van der Waals surface area contributed by atoms with Crippen molar-refractivity contribution in [3.63, 3.8) is 0 Å². The number of carbonyl (C=O) groups is 1. The second kappa shape index (κ2) is 5.12. The molecule has 1 rings (SSSR count). The van der Waals surface area contributed by atoms with E-state index in [2.05, 4.69) is 10.5 Å². The van der Waals surface area contributed by atoms with E-state index < -0.39 is 0 Å². The molecule has 0 aliphatic rings. The molecule has 0 atom stereocenters. The van der Waals surface area contributed by atoms with Crippen molar-refractivity contribution in [2.24, 2.45) is 0 Å². The molecule has 0 fully saturated rings. The molecule has 0 spiro atoms. The highest BCUT2D eigenvalue weighted by Gasteiger charge is 2.17. The van der Waals surface area contributed by atoms with Crippen LogP contribution in [0.4, 0.5) is 0 Å². The van der Waals surface area contributed by atoms with E-state index in [1.807, 2.05) is 13.8 Å². The Kier molecular flexibility index (Phi) is 4.06. The zero-order valence-corrected chi connectivity index (χ0v) is 10.2. The fraction of sp³-hybridized carbons (Fsp3) is 0.636. The quantitative estimate of drug-likeness (QED) is 0.815. The van der Waals surface area contributed by atoms with Gasteiger partial charge >= 0.3 is 0 Å². The summed E-state index contributed by atoms with van der Waals surface area (Å²) in [4.78, 5) is 11.5. The molecule has 5 heteroatoms. The smallest absolute Gasteiger partial charge is 0.226 e. The summed E-state index contributed by atoms with van der Waals surface area (Å²) in [5, 5.41) is 6.54. The molecule has 90 valence electrons. The molecule has 1 aromatic rings. The summed E-state index contributed by atoms with van der Waals surface area (Å²) >= 11 is 0. The molecule has 1 amide bonds. The third-order valence-electron chi connectivity index (χ3n) is 2.28. The number of nitrogens with one attached hydrogen (secondary N) is 1. The highest BCUT2D eigenvalue weighted by Crippen LogP contribution is 2.05. The molecule has 0 saturated carbocycles. The molecule has 0 aliphatic carbocycles. The topological polar surface area (TPSA) is 64.4 Å². The van der Waals surface area contributed by atoms with Crippen LogP contribution in [0.3, 0.4) is 0 Å². The summed E-state index contributed by atoms with van der Waals surface area (Å²) in [5.74, 6) is 0.624. The van der Waals surface area contributed by atoms with Crippen LogP contribution in [-0.2, 0) is 16.0 Å².